The lowest BCUT2D eigenvalue weighted by molar-refractivity contribution is 0.685. The third-order valence-electron chi connectivity index (χ3n) is 4.00. The van der Waals surface area contributed by atoms with E-state index in [0.29, 0.717) is 0 Å². The van der Waals surface area contributed by atoms with Crippen LogP contribution in [0, 0.1) is 0 Å². The molecule has 0 aliphatic heterocycles. The molecule has 0 heterocycles. The van der Waals surface area contributed by atoms with Crippen molar-refractivity contribution in [2.24, 2.45) is 0 Å². The summed E-state index contributed by atoms with van der Waals surface area (Å²) in [4.78, 5) is 2.22. The molecule has 0 spiro atoms. The number of nitrogens with zero attached hydrogens (tertiary/aromatic N) is 1. The van der Waals surface area contributed by atoms with E-state index in [1.807, 2.05) is 12.1 Å². The molecular weight excluding hydrogens is 232 g/mol. The molecule has 0 amide bonds. The fourth-order valence-electron chi connectivity index (χ4n) is 2.78. The van der Waals surface area contributed by atoms with E-state index >= 15 is 0 Å². The summed E-state index contributed by atoms with van der Waals surface area (Å²) in [6.45, 7) is 0. The number of anilines is 3. The van der Waals surface area contributed by atoms with Crippen LogP contribution < -0.4 is 10.6 Å². The Morgan fingerprint density at radius 3 is 2.21 bits per heavy atom. The Morgan fingerprint density at radius 1 is 0.842 bits per heavy atom. The van der Waals surface area contributed by atoms with E-state index in [9.17, 15) is 0 Å². The van der Waals surface area contributed by atoms with Gasteiger partial charge in [-0.1, -0.05) is 6.07 Å². The molecule has 19 heavy (non-hydrogen) atoms. The summed E-state index contributed by atoms with van der Waals surface area (Å²) in [5.74, 6) is 0. The number of hydrogen-bond acceptors (Lipinski definition) is 2. The van der Waals surface area contributed by atoms with Gasteiger partial charge in [-0.05, 0) is 73.2 Å². The molecule has 0 atom stereocenters. The van der Waals surface area contributed by atoms with Gasteiger partial charge in [0.05, 0.1) is 0 Å². The van der Waals surface area contributed by atoms with E-state index in [4.69, 9.17) is 5.73 Å². The fraction of sp³-hybridized carbons (Fsp3) is 0.294. The monoisotopic (exact) mass is 252 g/mol. The summed E-state index contributed by atoms with van der Waals surface area (Å²) in [5.41, 5.74) is 12.0. The maximum absolute atomic E-state index is 5.74. The van der Waals surface area contributed by atoms with Gasteiger partial charge in [-0.15, -0.1) is 0 Å². The Bertz CT molecular complexity index is 572. The first kappa shape index (κ1) is 12.1. The van der Waals surface area contributed by atoms with Gasteiger partial charge >= 0.3 is 0 Å². The summed E-state index contributed by atoms with van der Waals surface area (Å²) in [7, 11) is 2.11. The summed E-state index contributed by atoms with van der Waals surface area (Å²) in [5, 5.41) is 0. The Kier molecular flexibility index (Phi) is 3.16. The highest BCUT2D eigenvalue weighted by Gasteiger charge is 2.11. The lowest BCUT2D eigenvalue weighted by atomic mass is 9.91. The molecule has 0 fully saturated rings. The van der Waals surface area contributed by atoms with E-state index in [0.717, 1.165) is 5.69 Å². The number of nitrogens with two attached hydrogens (primary N) is 1. The smallest absolute Gasteiger partial charge is 0.0411 e. The van der Waals surface area contributed by atoms with Crippen molar-refractivity contribution in [1.82, 2.24) is 0 Å². The van der Waals surface area contributed by atoms with Crippen molar-refractivity contribution in [3.8, 4) is 0 Å². The zero-order valence-corrected chi connectivity index (χ0v) is 11.4. The minimum absolute atomic E-state index is 0.808. The first-order valence-corrected chi connectivity index (χ1v) is 6.95. The van der Waals surface area contributed by atoms with Crippen molar-refractivity contribution in [3.63, 3.8) is 0 Å². The van der Waals surface area contributed by atoms with Crippen LogP contribution in [0.4, 0.5) is 17.1 Å². The van der Waals surface area contributed by atoms with E-state index < -0.39 is 0 Å². The zero-order valence-electron chi connectivity index (χ0n) is 11.4. The number of rotatable bonds is 2. The SMILES string of the molecule is CN(c1ccc(N)cc1)c1ccc2c(c1)CCCC2. The Morgan fingerprint density at radius 2 is 1.47 bits per heavy atom. The first-order valence-electron chi connectivity index (χ1n) is 6.95. The molecular formula is C17H20N2. The third kappa shape index (κ3) is 2.43. The number of hydrogen-bond donors (Lipinski definition) is 1. The Balaban J connectivity index is 1.91. The number of aryl methyl sites for hydroxylation is 2. The van der Waals surface area contributed by atoms with Gasteiger partial charge < -0.3 is 10.6 Å². The van der Waals surface area contributed by atoms with Gasteiger partial charge in [0.25, 0.3) is 0 Å². The molecule has 0 bridgehead atoms. The lowest BCUT2D eigenvalue weighted by Gasteiger charge is -2.23. The molecule has 1 aliphatic carbocycles. The third-order valence-corrected chi connectivity index (χ3v) is 4.00. The van der Waals surface area contributed by atoms with Crippen molar-refractivity contribution < 1.29 is 0 Å². The highest BCUT2D eigenvalue weighted by Crippen LogP contribution is 2.29. The van der Waals surface area contributed by atoms with Crippen molar-refractivity contribution >= 4 is 17.1 Å². The summed E-state index contributed by atoms with van der Waals surface area (Å²) in [6.07, 6.45) is 5.11. The lowest BCUT2D eigenvalue weighted by Crippen LogP contribution is -2.11. The molecule has 0 aromatic heterocycles. The molecule has 0 unspecified atom stereocenters. The average molecular weight is 252 g/mol. The van der Waals surface area contributed by atoms with Crippen LogP contribution in [-0.4, -0.2) is 7.05 Å². The maximum Gasteiger partial charge on any atom is 0.0411 e. The van der Waals surface area contributed by atoms with Crippen LogP contribution >= 0.6 is 0 Å². The molecule has 1 aliphatic rings. The minimum atomic E-state index is 0.808. The van der Waals surface area contributed by atoms with Gasteiger partial charge in [-0.25, -0.2) is 0 Å². The van der Waals surface area contributed by atoms with Crippen LogP contribution in [0.2, 0.25) is 0 Å². The van der Waals surface area contributed by atoms with Crippen LogP contribution in [0.1, 0.15) is 24.0 Å². The van der Waals surface area contributed by atoms with Gasteiger partial charge in [-0.3, -0.25) is 0 Å². The molecule has 3 rings (SSSR count). The molecule has 2 heteroatoms. The number of nitrogen functional groups attached to an aromatic ring is 1. The Labute approximate surface area is 114 Å². The number of fused-ring (bicyclic) bond motifs is 1. The van der Waals surface area contributed by atoms with Gasteiger partial charge in [0.1, 0.15) is 0 Å². The number of benzene rings is 2. The second kappa shape index (κ2) is 4.96. The van der Waals surface area contributed by atoms with E-state index in [-0.39, 0.29) is 0 Å². The molecule has 0 saturated heterocycles. The largest absolute Gasteiger partial charge is 0.399 e. The van der Waals surface area contributed by atoms with Crippen LogP contribution in [0.25, 0.3) is 0 Å². The first-order chi connectivity index (χ1) is 9.24. The van der Waals surface area contributed by atoms with Crippen LogP contribution in [0.3, 0.4) is 0 Å². The van der Waals surface area contributed by atoms with E-state index in [1.54, 1.807) is 0 Å². The molecule has 0 radical (unpaired) electrons. The molecule has 2 N–H and O–H groups in total. The quantitative estimate of drug-likeness (QED) is 0.821. The van der Waals surface area contributed by atoms with Crippen LogP contribution in [0.5, 0.6) is 0 Å². The van der Waals surface area contributed by atoms with Crippen LogP contribution in [0.15, 0.2) is 42.5 Å². The standard InChI is InChI=1S/C17H20N2/c1-19(16-10-7-15(18)8-11-16)17-9-6-13-4-2-3-5-14(13)12-17/h6-12H,2-5,18H2,1H3. The zero-order chi connectivity index (χ0) is 13.2. The molecule has 2 aromatic carbocycles. The Hall–Kier alpha value is -1.96. The van der Waals surface area contributed by atoms with Crippen molar-refractivity contribution in [1.29, 1.82) is 0 Å². The predicted octanol–water partition coefficient (Wildman–Crippen LogP) is 3.92. The summed E-state index contributed by atoms with van der Waals surface area (Å²) in [6, 6.07) is 14.9. The minimum Gasteiger partial charge on any atom is -0.399 e. The van der Waals surface area contributed by atoms with Gasteiger partial charge in [0.2, 0.25) is 0 Å². The topological polar surface area (TPSA) is 29.3 Å². The molecule has 98 valence electrons. The molecule has 2 aromatic rings. The predicted molar refractivity (Wildman–Crippen MR) is 82.0 cm³/mol. The normalized spacial score (nSPS) is 13.9. The second-order valence-electron chi connectivity index (χ2n) is 5.31. The van der Waals surface area contributed by atoms with E-state index in [2.05, 4.69) is 42.3 Å². The highest BCUT2D eigenvalue weighted by atomic mass is 15.1. The molecule has 2 nitrogen and oxygen atoms in total. The maximum atomic E-state index is 5.74. The van der Waals surface area contributed by atoms with Gasteiger partial charge in [0, 0.05) is 24.1 Å². The summed E-state index contributed by atoms with van der Waals surface area (Å²) >= 11 is 0. The molecule has 0 saturated carbocycles. The van der Waals surface area contributed by atoms with Crippen LogP contribution in [-0.2, 0) is 12.8 Å². The van der Waals surface area contributed by atoms with Gasteiger partial charge in [-0.2, -0.15) is 0 Å². The van der Waals surface area contributed by atoms with Crippen molar-refractivity contribution in [3.05, 3.63) is 53.6 Å². The van der Waals surface area contributed by atoms with Crippen molar-refractivity contribution in [2.45, 2.75) is 25.7 Å². The summed E-state index contributed by atoms with van der Waals surface area (Å²) < 4.78 is 0. The van der Waals surface area contributed by atoms with Gasteiger partial charge in [0.15, 0.2) is 0 Å². The average Bonchev–Trinajstić information content (AvgIpc) is 2.47. The second-order valence-corrected chi connectivity index (χ2v) is 5.31. The van der Waals surface area contributed by atoms with Crippen molar-refractivity contribution in [2.75, 3.05) is 17.7 Å². The highest BCUT2D eigenvalue weighted by molar-refractivity contribution is 5.65. The fourth-order valence-corrected chi connectivity index (χ4v) is 2.78. The van der Waals surface area contributed by atoms with E-state index in [1.165, 1.54) is 48.2 Å².